The van der Waals surface area contributed by atoms with Crippen LogP contribution in [0.2, 0.25) is 0 Å². The van der Waals surface area contributed by atoms with Crippen LogP contribution in [0.15, 0.2) is 24.3 Å². The molecule has 0 amide bonds. The normalized spacial score (nSPS) is 11.4. The monoisotopic (exact) mass is 206 g/mol. The van der Waals surface area contributed by atoms with Gasteiger partial charge in [-0.15, -0.1) is 0 Å². The standard InChI is InChI=1S/C9H9ClF2O/c1-2-13-8-5-3-7(4-6-8)9(10,11)12/h3-6H,2H2,1H3. The summed E-state index contributed by atoms with van der Waals surface area (Å²) in [5.41, 5.74) is -0.224. The lowest BCUT2D eigenvalue weighted by atomic mass is 10.2. The molecule has 0 fully saturated rings. The zero-order valence-corrected chi connectivity index (χ0v) is 7.81. The lowest BCUT2D eigenvalue weighted by Crippen LogP contribution is -2.02. The first-order chi connectivity index (χ1) is 6.04. The molecule has 0 spiro atoms. The van der Waals surface area contributed by atoms with Crippen LogP contribution in [0.4, 0.5) is 8.78 Å². The van der Waals surface area contributed by atoms with E-state index in [1.165, 1.54) is 24.3 Å². The van der Waals surface area contributed by atoms with Gasteiger partial charge < -0.3 is 4.74 Å². The first-order valence-corrected chi connectivity index (χ1v) is 4.22. The highest BCUT2D eigenvalue weighted by atomic mass is 35.5. The second-order valence-corrected chi connectivity index (χ2v) is 2.93. The zero-order valence-electron chi connectivity index (χ0n) is 7.06. The van der Waals surface area contributed by atoms with Gasteiger partial charge in [-0.2, -0.15) is 8.78 Å². The highest BCUT2D eigenvalue weighted by Crippen LogP contribution is 2.32. The predicted octanol–water partition coefficient (Wildman–Crippen LogP) is 3.37. The van der Waals surface area contributed by atoms with E-state index in [2.05, 4.69) is 0 Å². The molecule has 0 aliphatic carbocycles. The predicted molar refractivity (Wildman–Crippen MR) is 47.4 cm³/mol. The SMILES string of the molecule is CCOc1ccc(C(F)(F)Cl)cc1. The number of hydrogen-bond acceptors (Lipinski definition) is 1. The van der Waals surface area contributed by atoms with E-state index in [0.717, 1.165) is 0 Å². The molecule has 0 atom stereocenters. The molecule has 0 N–H and O–H groups in total. The van der Waals surface area contributed by atoms with E-state index < -0.39 is 5.38 Å². The van der Waals surface area contributed by atoms with Gasteiger partial charge in [0.25, 0.3) is 0 Å². The number of alkyl halides is 3. The topological polar surface area (TPSA) is 9.23 Å². The van der Waals surface area contributed by atoms with Gasteiger partial charge in [0.05, 0.1) is 6.61 Å². The lowest BCUT2D eigenvalue weighted by molar-refractivity contribution is 0.0950. The third kappa shape index (κ3) is 2.84. The van der Waals surface area contributed by atoms with Gasteiger partial charge in [-0.1, -0.05) is 0 Å². The summed E-state index contributed by atoms with van der Waals surface area (Å²) in [6, 6.07) is 5.43. The van der Waals surface area contributed by atoms with E-state index >= 15 is 0 Å². The van der Waals surface area contributed by atoms with Crippen molar-refractivity contribution in [3.05, 3.63) is 29.8 Å². The summed E-state index contributed by atoms with van der Waals surface area (Å²) < 4.78 is 30.1. The Bertz CT molecular complexity index is 266. The van der Waals surface area contributed by atoms with Crippen molar-refractivity contribution < 1.29 is 13.5 Å². The van der Waals surface area contributed by atoms with Crippen LogP contribution in [0, 0.1) is 0 Å². The maximum atomic E-state index is 12.5. The van der Waals surface area contributed by atoms with Gasteiger partial charge >= 0.3 is 5.38 Å². The lowest BCUT2D eigenvalue weighted by Gasteiger charge is -2.08. The molecule has 4 heteroatoms. The molecule has 0 aliphatic heterocycles. The van der Waals surface area contributed by atoms with Crippen molar-refractivity contribution in [1.82, 2.24) is 0 Å². The molecule has 0 saturated heterocycles. The molecule has 1 nitrogen and oxygen atoms in total. The molecule has 0 aliphatic rings. The van der Waals surface area contributed by atoms with Crippen molar-refractivity contribution >= 4 is 11.6 Å². The molecule has 0 bridgehead atoms. The fraction of sp³-hybridized carbons (Fsp3) is 0.333. The molecule has 0 heterocycles. The number of halogens is 3. The summed E-state index contributed by atoms with van der Waals surface area (Å²) in [7, 11) is 0. The Morgan fingerprint density at radius 1 is 1.31 bits per heavy atom. The van der Waals surface area contributed by atoms with Crippen LogP contribution in [-0.4, -0.2) is 6.61 Å². The molecule has 1 rings (SSSR count). The van der Waals surface area contributed by atoms with E-state index in [9.17, 15) is 8.78 Å². The molecular weight excluding hydrogens is 198 g/mol. The molecule has 0 aromatic heterocycles. The Balaban J connectivity index is 2.81. The zero-order chi connectivity index (χ0) is 9.90. The first-order valence-electron chi connectivity index (χ1n) is 3.84. The van der Waals surface area contributed by atoms with Crippen LogP contribution in [-0.2, 0) is 5.38 Å². The highest BCUT2D eigenvalue weighted by molar-refractivity contribution is 6.21. The highest BCUT2D eigenvalue weighted by Gasteiger charge is 2.27. The number of benzene rings is 1. The first kappa shape index (κ1) is 10.3. The quantitative estimate of drug-likeness (QED) is 0.689. The smallest absolute Gasteiger partial charge is 0.348 e. The van der Waals surface area contributed by atoms with Gasteiger partial charge in [-0.3, -0.25) is 0 Å². The van der Waals surface area contributed by atoms with Gasteiger partial charge in [-0.25, -0.2) is 0 Å². The Kier molecular flexibility index (Phi) is 3.09. The molecule has 13 heavy (non-hydrogen) atoms. The van der Waals surface area contributed by atoms with E-state index in [-0.39, 0.29) is 5.56 Å². The third-order valence-electron chi connectivity index (χ3n) is 1.49. The van der Waals surface area contributed by atoms with Crippen molar-refractivity contribution in [3.63, 3.8) is 0 Å². The number of ether oxygens (including phenoxy) is 1. The number of hydrogen-bond donors (Lipinski definition) is 0. The van der Waals surface area contributed by atoms with Crippen molar-refractivity contribution in [3.8, 4) is 5.75 Å². The Hall–Kier alpha value is -0.830. The fourth-order valence-electron chi connectivity index (χ4n) is 0.907. The van der Waals surface area contributed by atoms with Crippen molar-refractivity contribution in [2.45, 2.75) is 12.3 Å². The number of rotatable bonds is 3. The van der Waals surface area contributed by atoms with Crippen molar-refractivity contribution in [2.24, 2.45) is 0 Å². The van der Waals surface area contributed by atoms with Crippen molar-refractivity contribution in [1.29, 1.82) is 0 Å². The summed E-state index contributed by atoms with van der Waals surface area (Å²) in [6.07, 6.45) is 0. The van der Waals surface area contributed by atoms with Crippen molar-refractivity contribution in [2.75, 3.05) is 6.61 Å². The second kappa shape index (κ2) is 3.92. The molecule has 0 unspecified atom stereocenters. The van der Waals surface area contributed by atoms with Gasteiger partial charge in [0.2, 0.25) is 0 Å². The van der Waals surface area contributed by atoms with Gasteiger partial charge in [0.1, 0.15) is 5.75 Å². The minimum absolute atomic E-state index is 0.224. The Labute approximate surface area is 80.3 Å². The van der Waals surface area contributed by atoms with Gasteiger partial charge in [0.15, 0.2) is 0 Å². The summed E-state index contributed by atoms with van der Waals surface area (Å²) >= 11 is 4.81. The van der Waals surface area contributed by atoms with Gasteiger partial charge in [0, 0.05) is 5.56 Å². The molecule has 1 aromatic rings. The van der Waals surface area contributed by atoms with Crippen LogP contribution in [0.25, 0.3) is 0 Å². The Morgan fingerprint density at radius 2 is 1.85 bits per heavy atom. The summed E-state index contributed by atoms with van der Waals surface area (Å²) in [6.45, 7) is 2.33. The molecule has 72 valence electrons. The van der Waals surface area contributed by atoms with Crippen LogP contribution in [0.1, 0.15) is 12.5 Å². The minimum atomic E-state index is -3.30. The maximum absolute atomic E-state index is 12.5. The van der Waals surface area contributed by atoms with E-state index in [1.54, 1.807) is 0 Å². The van der Waals surface area contributed by atoms with Crippen LogP contribution in [0.3, 0.4) is 0 Å². The average molecular weight is 207 g/mol. The van der Waals surface area contributed by atoms with E-state index in [1.807, 2.05) is 6.92 Å². The van der Waals surface area contributed by atoms with E-state index in [0.29, 0.717) is 12.4 Å². The summed E-state index contributed by atoms with van der Waals surface area (Å²) in [4.78, 5) is 0. The average Bonchev–Trinajstić information content (AvgIpc) is 2.04. The van der Waals surface area contributed by atoms with Crippen LogP contribution < -0.4 is 4.74 Å². The molecular formula is C9H9ClF2O. The third-order valence-corrected chi connectivity index (χ3v) is 1.71. The Morgan fingerprint density at radius 3 is 2.23 bits per heavy atom. The molecule has 1 aromatic carbocycles. The largest absolute Gasteiger partial charge is 0.494 e. The fourth-order valence-corrected chi connectivity index (χ4v) is 1.03. The second-order valence-electron chi connectivity index (χ2n) is 2.46. The van der Waals surface area contributed by atoms with Crippen LogP contribution >= 0.6 is 11.6 Å². The molecule has 0 saturated carbocycles. The maximum Gasteiger partial charge on any atom is 0.348 e. The summed E-state index contributed by atoms with van der Waals surface area (Å²) in [5, 5.41) is -3.30. The van der Waals surface area contributed by atoms with Gasteiger partial charge in [-0.05, 0) is 42.8 Å². The molecule has 0 radical (unpaired) electrons. The van der Waals surface area contributed by atoms with Crippen LogP contribution in [0.5, 0.6) is 5.75 Å². The minimum Gasteiger partial charge on any atom is -0.494 e. The van der Waals surface area contributed by atoms with E-state index in [4.69, 9.17) is 16.3 Å². The summed E-state index contributed by atoms with van der Waals surface area (Å²) in [5.74, 6) is 0.562.